The van der Waals surface area contributed by atoms with Crippen molar-refractivity contribution in [1.29, 1.82) is 0 Å². The number of hydrogen-bond acceptors (Lipinski definition) is 4. The standard InChI is InChI=1S/C15H16FN3O2/c1-3-12(14-8-7-11(16)9-17-14)18-13-5-4-6-15(10(13)2)19(20)21/h4-9,12,18H,3H2,1-2H3. The molecule has 0 saturated heterocycles. The molecule has 1 aromatic carbocycles. The highest BCUT2D eigenvalue weighted by Crippen LogP contribution is 2.29. The van der Waals surface area contributed by atoms with Gasteiger partial charge in [0, 0.05) is 17.3 Å². The summed E-state index contributed by atoms with van der Waals surface area (Å²) in [4.78, 5) is 14.6. The molecule has 2 rings (SSSR count). The predicted molar refractivity (Wildman–Crippen MR) is 78.7 cm³/mol. The Labute approximate surface area is 122 Å². The van der Waals surface area contributed by atoms with Crippen molar-refractivity contribution >= 4 is 11.4 Å². The van der Waals surface area contributed by atoms with Crippen LogP contribution in [0, 0.1) is 22.9 Å². The molecule has 1 aromatic heterocycles. The Hall–Kier alpha value is -2.50. The minimum Gasteiger partial charge on any atom is -0.376 e. The summed E-state index contributed by atoms with van der Waals surface area (Å²) in [6.07, 6.45) is 1.89. The first-order valence-corrected chi connectivity index (χ1v) is 6.65. The Kier molecular flexibility index (Phi) is 4.47. The molecule has 0 spiro atoms. The molecule has 0 saturated carbocycles. The van der Waals surface area contributed by atoms with Gasteiger partial charge in [0.2, 0.25) is 0 Å². The fraction of sp³-hybridized carbons (Fsp3) is 0.267. The zero-order valence-electron chi connectivity index (χ0n) is 11.8. The third-order valence-electron chi connectivity index (χ3n) is 3.35. The van der Waals surface area contributed by atoms with Crippen molar-refractivity contribution in [3.8, 4) is 0 Å². The molecule has 5 nitrogen and oxygen atoms in total. The average molecular weight is 289 g/mol. The van der Waals surface area contributed by atoms with E-state index in [2.05, 4.69) is 10.3 Å². The van der Waals surface area contributed by atoms with Crippen LogP contribution in [-0.4, -0.2) is 9.91 Å². The molecule has 0 aliphatic carbocycles. The number of nitrogens with one attached hydrogen (secondary N) is 1. The van der Waals surface area contributed by atoms with E-state index in [0.29, 0.717) is 16.9 Å². The summed E-state index contributed by atoms with van der Waals surface area (Å²) in [5.74, 6) is -0.389. The smallest absolute Gasteiger partial charge is 0.274 e. The van der Waals surface area contributed by atoms with E-state index in [4.69, 9.17) is 0 Å². The summed E-state index contributed by atoms with van der Waals surface area (Å²) >= 11 is 0. The lowest BCUT2D eigenvalue weighted by Crippen LogP contribution is -2.12. The molecule has 0 aliphatic rings. The number of benzene rings is 1. The topological polar surface area (TPSA) is 68.1 Å². The number of hydrogen-bond donors (Lipinski definition) is 1. The number of rotatable bonds is 5. The summed E-state index contributed by atoms with van der Waals surface area (Å²) in [6.45, 7) is 3.67. The van der Waals surface area contributed by atoms with Gasteiger partial charge >= 0.3 is 0 Å². The van der Waals surface area contributed by atoms with Crippen molar-refractivity contribution in [3.63, 3.8) is 0 Å². The van der Waals surface area contributed by atoms with Gasteiger partial charge in [0.15, 0.2) is 0 Å². The third-order valence-corrected chi connectivity index (χ3v) is 3.35. The zero-order chi connectivity index (χ0) is 15.4. The van der Waals surface area contributed by atoms with E-state index in [0.717, 1.165) is 6.42 Å². The van der Waals surface area contributed by atoms with Crippen molar-refractivity contribution in [2.24, 2.45) is 0 Å². The van der Waals surface area contributed by atoms with Crippen LogP contribution >= 0.6 is 0 Å². The van der Waals surface area contributed by atoms with Gasteiger partial charge in [-0.2, -0.15) is 0 Å². The van der Waals surface area contributed by atoms with Crippen molar-refractivity contribution in [2.75, 3.05) is 5.32 Å². The summed E-state index contributed by atoms with van der Waals surface area (Å²) < 4.78 is 12.9. The Morgan fingerprint density at radius 2 is 2.14 bits per heavy atom. The summed E-state index contributed by atoms with van der Waals surface area (Å²) in [5.41, 5.74) is 2.02. The fourth-order valence-electron chi connectivity index (χ4n) is 2.14. The lowest BCUT2D eigenvalue weighted by molar-refractivity contribution is -0.385. The van der Waals surface area contributed by atoms with Crippen molar-refractivity contribution in [2.45, 2.75) is 26.3 Å². The quantitative estimate of drug-likeness (QED) is 0.667. The Morgan fingerprint density at radius 1 is 1.38 bits per heavy atom. The monoisotopic (exact) mass is 289 g/mol. The van der Waals surface area contributed by atoms with E-state index in [1.54, 1.807) is 25.1 Å². The first-order valence-electron chi connectivity index (χ1n) is 6.65. The van der Waals surface area contributed by atoms with E-state index < -0.39 is 4.92 Å². The number of halogens is 1. The number of nitro groups is 1. The fourth-order valence-corrected chi connectivity index (χ4v) is 2.14. The second-order valence-electron chi connectivity index (χ2n) is 4.71. The van der Waals surface area contributed by atoms with E-state index in [9.17, 15) is 14.5 Å². The van der Waals surface area contributed by atoms with Gasteiger partial charge in [-0.25, -0.2) is 4.39 Å². The highest BCUT2D eigenvalue weighted by molar-refractivity contribution is 5.60. The van der Waals surface area contributed by atoms with Crippen molar-refractivity contribution in [1.82, 2.24) is 4.98 Å². The van der Waals surface area contributed by atoms with Crippen molar-refractivity contribution < 1.29 is 9.31 Å². The molecule has 0 aliphatic heterocycles. The number of pyridine rings is 1. The van der Waals surface area contributed by atoms with Gasteiger partial charge in [-0.15, -0.1) is 0 Å². The molecule has 0 amide bonds. The maximum atomic E-state index is 12.9. The highest BCUT2D eigenvalue weighted by atomic mass is 19.1. The number of nitro benzene ring substituents is 1. The minimum absolute atomic E-state index is 0.0712. The van der Waals surface area contributed by atoms with E-state index >= 15 is 0 Å². The van der Waals surface area contributed by atoms with Gasteiger partial charge in [-0.05, 0) is 31.5 Å². The largest absolute Gasteiger partial charge is 0.376 e. The van der Waals surface area contributed by atoms with Crippen LogP contribution in [0.4, 0.5) is 15.8 Å². The van der Waals surface area contributed by atoms with Crippen LogP contribution in [0.5, 0.6) is 0 Å². The molecule has 0 radical (unpaired) electrons. The van der Waals surface area contributed by atoms with Crippen LogP contribution in [0.3, 0.4) is 0 Å². The van der Waals surface area contributed by atoms with Gasteiger partial charge in [0.05, 0.1) is 22.9 Å². The average Bonchev–Trinajstić information content (AvgIpc) is 2.47. The third kappa shape index (κ3) is 3.34. The first-order chi connectivity index (χ1) is 10.0. The number of nitrogens with zero attached hydrogens (tertiary/aromatic N) is 2. The molecule has 110 valence electrons. The number of aromatic nitrogens is 1. The minimum atomic E-state index is -0.405. The molecule has 0 fully saturated rings. The van der Waals surface area contributed by atoms with Crippen LogP contribution in [0.1, 0.15) is 30.6 Å². The second-order valence-corrected chi connectivity index (χ2v) is 4.71. The SMILES string of the molecule is CCC(Nc1cccc([N+](=O)[O-])c1C)c1ccc(F)cn1. The molecule has 0 bridgehead atoms. The van der Waals surface area contributed by atoms with Crippen molar-refractivity contribution in [3.05, 3.63) is 63.7 Å². The normalized spacial score (nSPS) is 12.0. The highest BCUT2D eigenvalue weighted by Gasteiger charge is 2.17. The van der Waals surface area contributed by atoms with E-state index in [1.165, 1.54) is 18.3 Å². The van der Waals surface area contributed by atoms with Crippen LogP contribution < -0.4 is 5.32 Å². The maximum Gasteiger partial charge on any atom is 0.274 e. The van der Waals surface area contributed by atoms with Gasteiger partial charge in [-0.3, -0.25) is 15.1 Å². The molecular formula is C15H16FN3O2. The summed E-state index contributed by atoms with van der Waals surface area (Å²) in [7, 11) is 0. The zero-order valence-corrected chi connectivity index (χ0v) is 11.8. The molecule has 1 atom stereocenters. The van der Waals surface area contributed by atoms with Crippen LogP contribution in [0.15, 0.2) is 36.5 Å². The van der Waals surface area contributed by atoms with Crippen LogP contribution in [0.25, 0.3) is 0 Å². The maximum absolute atomic E-state index is 12.9. The molecule has 2 aromatic rings. The molecule has 6 heteroatoms. The molecule has 1 heterocycles. The molecule has 21 heavy (non-hydrogen) atoms. The van der Waals surface area contributed by atoms with Crippen LogP contribution in [0.2, 0.25) is 0 Å². The Bertz CT molecular complexity index is 644. The Balaban J connectivity index is 2.29. The molecule has 1 N–H and O–H groups in total. The van der Waals surface area contributed by atoms with E-state index in [-0.39, 0.29) is 17.5 Å². The molecule has 1 unspecified atom stereocenters. The lowest BCUT2D eigenvalue weighted by atomic mass is 10.1. The first kappa shape index (κ1) is 14.9. The lowest BCUT2D eigenvalue weighted by Gasteiger charge is -2.19. The predicted octanol–water partition coefficient (Wildman–Crippen LogP) is 4.00. The number of anilines is 1. The van der Waals surface area contributed by atoms with Gasteiger partial charge < -0.3 is 5.32 Å². The Morgan fingerprint density at radius 3 is 2.71 bits per heavy atom. The second kappa shape index (κ2) is 6.30. The van der Waals surface area contributed by atoms with Gasteiger partial charge in [0.25, 0.3) is 5.69 Å². The summed E-state index contributed by atoms with van der Waals surface area (Å²) in [5, 5.41) is 14.2. The van der Waals surface area contributed by atoms with Crippen LogP contribution in [-0.2, 0) is 0 Å². The summed E-state index contributed by atoms with van der Waals surface area (Å²) in [6, 6.07) is 7.73. The molecular weight excluding hydrogens is 273 g/mol. The van der Waals surface area contributed by atoms with Gasteiger partial charge in [-0.1, -0.05) is 13.0 Å². The van der Waals surface area contributed by atoms with Gasteiger partial charge in [0.1, 0.15) is 5.82 Å². The van der Waals surface area contributed by atoms with E-state index in [1.807, 2.05) is 6.92 Å².